The van der Waals surface area contributed by atoms with Crippen LogP contribution in [0.2, 0.25) is 15.1 Å². The van der Waals surface area contributed by atoms with Gasteiger partial charge in [0.1, 0.15) is 4.90 Å². The number of hydrogen-bond donors (Lipinski definition) is 2. The number of amides is 2. The molecule has 38 heavy (non-hydrogen) atoms. The summed E-state index contributed by atoms with van der Waals surface area (Å²) in [5, 5.41) is 14.0. The Morgan fingerprint density at radius 1 is 0.737 bits per heavy atom. The molecule has 0 aliphatic carbocycles. The van der Waals surface area contributed by atoms with Crippen LogP contribution < -0.4 is 0 Å². The largest absolute Gasteiger partial charge is 0.297 e. The topological polar surface area (TPSA) is 192 Å². The van der Waals surface area contributed by atoms with Crippen LogP contribution in [0.3, 0.4) is 0 Å². The second kappa shape index (κ2) is 11.1. The standard InChI is InChI=1S/C11H9ClN2O4S.C10H6Cl2N2O4S/c1-6-9(11(15)14-13-6)5-7-4-8(19(16,17)18)2-3-10(7)12;1-4-9(10(15)14-13-4)5-2-7(12)8(3-6(5)11)19(16,17)18/h2-4H,5H2,1H3,(H,16,17,18);2-3H,1H3,(H,16,17,18). The maximum Gasteiger partial charge on any atom is 0.297 e. The first-order chi connectivity index (χ1) is 17.5. The van der Waals surface area contributed by atoms with E-state index < -0.39 is 36.9 Å². The SMILES string of the molecule is CC1=C(Cc2cc(S(=O)(=O)O)ccc2Cl)C(=O)N=N1.CC1=C(c2cc(Cl)c(S(=O)(=O)O)cc2Cl)C(=O)N=N1. The van der Waals surface area contributed by atoms with Crippen molar-refractivity contribution in [2.75, 3.05) is 0 Å². The van der Waals surface area contributed by atoms with Crippen LogP contribution in [0.15, 0.2) is 77.5 Å². The molecule has 0 unspecified atom stereocenters. The summed E-state index contributed by atoms with van der Waals surface area (Å²) in [5.74, 6) is -1.05. The number of rotatable bonds is 5. The highest BCUT2D eigenvalue weighted by atomic mass is 35.5. The van der Waals surface area contributed by atoms with Crippen molar-refractivity contribution in [1.82, 2.24) is 0 Å². The van der Waals surface area contributed by atoms with E-state index in [4.69, 9.17) is 43.9 Å². The van der Waals surface area contributed by atoms with Crippen LogP contribution in [0, 0.1) is 0 Å². The van der Waals surface area contributed by atoms with Gasteiger partial charge in [0.15, 0.2) is 0 Å². The van der Waals surface area contributed by atoms with Gasteiger partial charge in [-0.2, -0.15) is 27.1 Å². The van der Waals surface area contributed by atoms with Crippen molar-refractivity contribution in [1.29, 1.82) is 0 Å². The Hall–Kier alpha value is -2.85. The number of hydrogen-bond acceptors (Lipinski definition) is 8. The molecule has 0 spiro atoms. The second-order valence-corrected chi connectivity index (χ2v) is 11.7. The Morgan fingerprint density at radius 2 is 1.34 bits per heavy atom. The van der Waals surface area contributed by atoms with Gasteiger partial charge < -0.3 is 0 Å². The highest BCUT2D eigenvalue weighted by molar-refractivity contribution is 7.86. The molecule has 0 saturated heterocycles. The highest BCUT2D eigenvalue weighted by Crippen LogP contribution is 2.36. The molecule has 0 saturated carbocycles. The maximum absolute atomic E-state index is 11.5. The van der Waals surface area contributed by atoms with E-state index in [1.54, 1.807) is 13.8 Å². The van der Waals surface area contributed by atoms with Crippen LogP contribution in [0.25, 0.3) is 5.57 Å². The number of allylic oxidation sites excluding steroid dienone is 2. The Kier molecular flexibility index (Phi) is 8.67. The van der Waals surface area contributed by atoms with Gasteiger partial charge in [0, 0.05) is 22.6 Å². The molecule has 0 radical (unpaired) electrons. The van der Waals surface area contributed by atoms with Gasteiger partial charge >= 0.3 is 0 Å². The van der Waals surface area contributed by atoms with E-state index in [0.29, 0.717) is 27.6 Å². The third-order valence-corrected chi connectivity index (χ3v) is 7.95. The van der Waals surface area contributed by atoms with Gasteiger partial charge in [-0.25, -0.2) is 0 Å². The quantitative estimate of drug-likeness (QED) is 0.417. The number of benzene rings is 2. The van der Waals surface area contributed by atoms with Crippen LogP contribution in [-0.4, -0.2) is 37.8 Å². The molecule has 12 nitrogen and oxygen atoms in total. The predicted molar refractivity (Wildman–Crippen MR) is 136 cm³/mol. The lowest BCUT2D eigenvalue weighted by molar-refractivity contribution is -0.114. The second-order valence-electron chi connectivity index (χ2n) is 7.68. The zero-order chi connectivity index (χ0) is 28.6. The lowest BCUT2D eigenvalue weighted by Gasteiger charge is -2.08. The summed E-state index contributed by atoms with van der Waals surface area (Å²) in [6.07, 6.45) is 0.111. The minimum absolute atomic E-state index is 0.0491. The van der Waals surface area contributed by atoms with E-state index in [2.05, 4.69) is 20.5 Å². The fourth-order valence-corrected chi connectivity index (χ4v) is 5.31. The Labute approximate surface area is 231 Å². The summed E-state index contributed by atoms with van der Waals surface area (Å²) in [7, 11) is -8.80. The average molecular weight is 622 g/mol. The monoisotopic (exact) mass is 620 g/mol. The molecule has 2 aromatic rings. The molecule has 2 aromatic carbocycles. The molecule has 2 heterocycles. The van der Waals surface area contributed by atoms with Gasteiger partial charge in [0.2, 0.25) is 0 Å². The minimum Gasteiger partial charge on any atom is -0.282 e. The zero-order valence-corrected chi connectivity index (χ0v) is 23.1. The molecule has 4 rings (SSSR count). The van der Waals surface area contributed by atoms with Crippen molar-refractivity contribution in [3.63, 3.8) is 0 Å². The fraction of sp³-hybridized carbons (Fsp3) is 0.143. The normalized spacial score (nSPS) is 15.4. The Balaban J connectivity index is 0.000000211. The lowest BCUT2D eigenvalue weighted by atomic mass is 10.0. The van der Waals surface area contributed by atoms with Crippen LogP contribution >= 0.6 is 34.8 Å². The van der Waals surface area contributed by atoms with Crippen LogP contribution in [0.4, 0.5) is 0 Å². The van der Waals surface area contributed by atoms with E-state index in [-0.39, 0.29) is 32.5 Å². The average Bonchev–Trinajstić information content (AvgIpc) is 3.30. The van der Waals surface area contributed by atoms with E-state index in [1.807, 2.05) is 0 Å². The molecular weight excluding hydrogens is 607 g/mol. The van der Waals surface area contributed by atoms with E-state index in [0.717, 1.165) is 6.07 Å². The van der Waals surface area contributed by atoms with Gasteiger partial charge in [0.25, 0.3) is 32.1 Å². The van der Waals surface area contributed by atoms with Crippen LogP contribution in [0.1, 0.15) is 25.0 Å². The van der Waals surface area contributed by atoms with Gasteiger partial charge in [-0.1, -0.05) is 34.8 Å². The molecule has 17 heteroatoms. The number of halogens is 3. The maximum atomic E-state index is 11.5. The third kappa shape index (κ3) is 6.58. The first-order valence-corrected chi connectivity index (χ1v) is 14.1. The summed E-state index contributed by atoms with van der Waals surface area (Å²) in [6, 6.07) is 5.92. The minimum atomic E-state index is -4.49. The van der Waals surface area contributed by atoms with E-state index >= 15 is 0 Å². The molecule has 200 valence electrons. The first kappa shape index (κ1) is 29.7. The van der Waals surface area contributed by atoms with Gasteiger partial charge in [-0.3, -0.25) is 18.7 Å². The molecule has 2 amide bonds. The lowest BCUT2D eigenvalue weighted by Crippen LogP contribution is -2.03. The van der Waals surface area contributed by atoms with Crippen LogP contribution in [0.5, 0.6) is 0 Å². The van der Waals surface area contributed by atoms with Gasteiger partial charge in [0.05, 0.1) is 31.9 Å². The van der Waals surface area contributed by atoms with Crippen LogP contribution in [-0.2, 0) is 36.2 Å². The summed E-state index contributed by atoms with van der Waals surface area (Å²) < 4.78 is 62.2. The molecule has 2 N–H and O–H groups in total. The Morgan fingerprint density at radius 3 is 1.84 bits per heavy atom. The van der Waals surface area contributed by atoms with Crippen molar-refractivity contribution in [2.45, 2.75) is 30.1 Å². The third-order valence-electron chi connectivity index (χ3n) is 5.10. The van der Waals surface area contributed by atoms with E-state index in [1.165, 1.54) is 24.3 Å². The fourth-order valence-electron chi connectivity index (χ4n) is 3.24. The molecule has 0 bridgehead atoms. The van der Waals surface area contributed by atoms with Crippen molar-refractivity contribution < 1.29 is 35.5 Å². The molecule has 2 aliphatic rings. The van der Waals surface area contributed by atoms with E-state index in [9.17, 15) is 26.4 Å². The van der Waals surface area contributed by atoms with Gasteiger partial charge in [-0.15, -0.1) is 10.2 Å². The number of carbonyl (C=O) groups is 2. The number of nitrogens with zero attached hydrogens (tertiary/aromatic N) is 4. The van der Waals surface area contributed by atoms with Gasteiger partial charge in [-0.05, 0) is 49.7 Å². The highest BCUT2D eigenvalue weighted by Gasteiger charge is 2.26. The number of azo groups is 2. The molecule has 0 aromatic heterocycles. The van der Waals surface area contributed by atoms with Crippen molar-refractivity contribution >= 4 is 72.4 Å². The smallest absolute Gasteiger partial charge is 0.282 e. The predicted octanol–water partition coefficient (Wildman–Crippen LogP) is 5.36. The van der Waals surface area contributed by atoms with Crippen molar-refractivity contribution in [3.05, 3.63) is 73.5 Å². The molecular formula is C21H15Cl3N4O8S2. The summed E-state index contributed by atoms with van der Waals surface area (Å²) in [5.41, 5.74) is 1.95. The molecule has 2 aliphatic heterocycles. The summed E-state index contributed by atoms with van der Waals surface area (Å²) in [4.78, 5) is 22.2. The van der Waals surface area contributed by atoms with Crippen molar-refractivity contribution in [2.24, 2.45) is 20.5 Å². The molecule has 0 atom stereocenters. The summed E-state index contributed by atoms with van der Waals surface area (Å²) in [6.45, 7) is 3.19. The first-order valence-electron chi connectivity index (χ1n) is 10.1. The number of carbonyl (C=O) groups excluding carboxylic acids is 2. The summed E-state index contributed by atoms with van der Waals surface area (Å²) >= 11 is 17.6. The Bertz CT molecular complexity index is 1730. The van der Waals surface area contributed by atoms with Crippen molar-refractivity contribution in [3.8, 4) is 0 Å². The zero-order valence-electron chi connectivity index (χ0n) is 19.2. The molecule has 0 fully saturated rings.